The highest BCUT2D eigenvalue weighted by atomic mass is 16.5. The van der Waals surface area contributed by atoms with Crippen LogP contribution in [0, 0.1) is 29.1 Å². The number of nitrogens with one attached hydrogen (secondary N) is 1. The Morgan fingerprint density at radius 1 is 1.30 bits per heavy atom. The van der Waals surface area contributed by atoms with Crippen LogP contribution in [0.3, 0.4) is 0 Å². The molecule has 1 amide bonds. The van der Waals surface area contributed by atoms with E-state index in [1.165, 1.54) is 12.8 Å². The predicted octanol–water partition coefficient (Wildman–Crippen LogP) is 5.50. The van der Waals surface area contributed by atoms with Crippen molar-refractivity contribution in [3.8, 4) is 23.4 Å². The fourth-order valence-electron chi connectivity index (χ4n) is 2.74. The van der Waals surface area contributed by atoms with Gasteiger partial charge in [-0.15, -0.1) is 0 Å². The summed E-state index contributed by atoms with van der Waals surface area (Å²) in [6.45, 7) is 7.07. The minimum atomic E-state index is -0.140. The van der Waals surface area contributed by atoms with Crippen LogP contribution >= 0.6 is 0 Å². The van der Waals surface area contributed by atoms with E-state index in [0.717, 1.165) is 12.8 Å². The van der Waals surface area contributed by atoms with Gasteiger partial charge in [-0.2, -0.15) is 5.26 Å². The highest BCUT2D eigenvalue weighted by Crippen LogP contribution is 2.32. The molecule has 3 rings (SSSR count). The van der Waals surface area contributed by atoms with E-state index in [9.17, 15) is 10.1 Å². The van der Waals surface area contributed by atoms with Crippen LogP contribution in [-0.4, -0.2) is 17.5 Å². The predicted molar refractivity (Wildman–Crippen MR) is 115 cm³/mol. The average Bonchev–Trinajstić information content (AvgIpc) is 3.51. The summed E-state index contributed by atoms with van der Waals surface area (Å²) in [5.41, 5.74) is 1.29. The number of ether oxygens (including phenoxy) is 2. The van der Waals surface area contributed by atoms with Crippen molar-refractivity contribution in [2.75, 3.05) is 11.9 Å². The largest absolute Gasteiger partial charge is 0.492 e. The lowest BCUT2D eigenvalue weighted by Crippen LogP contribution is -2.14. The number of pyridine rings is 1. The lowest BCUT2D eigenvalue weighted by Gasteiger charge is -2.17. The first kappa shape index (κ1) is 21.6. The number of carbonyl (C=O) groups is 1. The van der Waals surface area contributed by atoms with Crippen LogP contribution in [0.25, 0.3) is 0 Å². The summed E-state index contributed by atoms with van der Waals surface area (Å²) in [7, 11) is 0. The molecular weight excluding hydrogens is 378 g/mol. The molecule has 6 heteroatoms. The van der Waals surface area contributed by atoms with E-state index < -0.39 is 0 Å². The topological polar surface area (TPSA) is 84.2 Å². The van der Waals surface area contributed by atoms with E-state index >= 15 is 0 Å². The maximum Gasteiger partial charge on any atom is 0.228 e. The van der Waals surface area contributed by atoms with Gasteiger partial charge in [0.15, 0.2) is 0 Å². The Morgan fingerprint density at radius 2 is 2.10 bits per heavy atom. The number of hydrogen-bond acceptors (Lipinski definition) is 5. The molecule has 157 valence electrons. The summed E-state index contributed by atoms with van der Waals surface area (Å²) < 4.78 is 11.6. The zero-order valence-corrected chi connectivity index (χ0v) is 17.8. The van der Waals surface area contributed by atoms with E-state index in [1.807, 2.05) is 0 Å². The van der Waals surface area contributed by atoms with Crippen molar-refractivity contribution in [2.24, 2.45) is 11.3 Å². The first-order valence-electron chi connectivity index (χ1n) is 10.3. The zero-order valence-electron chi connectivity index (χ0n) is 17.8. The molecule has 2 aromatic rings. The highest BCUT2D eigenvalue weighted by molar-refractivity contribution is 5.96. The molecule has 1 radical (unpaired) electrons. The molecule has 1 N–H and O–H groups in total. The lowest BCUT2D eigenvalue weighted by molar-refractivity contribution is -0.113. The van der Waals surface area contributed by atoms with Crippen LogP contribution in [-0.2, 0) is 4.79 Å². The van der Waals surface area contributed by atoms with Crippen molar-refractivity contribution in [3.63, 3.8) is 0 Å². The summed E-state index contributed by atoms with van der Waals surface area (Å²) in [5.74, 6) is 1.91. The van der Waals surface area contributed by atoms with E-state index in [0.29, 0.717) is 41.2 Å². The second kappa shape index (κ2) is 9.62. The van der Waals surface area contributed by atoms with E-state index in [4.69, 9.17) is 9.47 Å². The van der Waals surface area contributed by atoms with Gasteiger partial charge in [0, 0.05) is 18.6 Å². The summed E-state index contributed by atoms with van der Waals surface area (Å²) in [6, 6.07) is 10.7. The van der Waals surface area contributed by atoms with Gasteiger partial charge >= 0.3 is 0 Å². The van der Waals surface area contributed by atoms with Gasteiger partial charge in [0.1, 0.15) is 17.6 Å². The van der Waals surface area contributed by atoms with Crippen molar-refractivity contribution < 1.29 is 14.3 Å². The summed E-state index contributed by atoms with van der Waals surface area (Å²) in [5, 5.41) is 12.1. The van der Waals surface area contributed by atoms with Crippen LogP contribution in [0.15, 0.2) is 36.5 Å². The molecule has 0 aliphatic heterocycles. The number of amides is 1. The molecule has 0 bridgehead atoms. The normalized spacial score (nSPS) is 13.4. The van der Waals surface area contributed by atoms with Crippen LogP contribution in [0.5, 0.6) is 17.4 Å². The van der Waals surface area contributed by atoms with Crippen LogP contribution < -0.4 is 14.8 Å². The van der Waals surface area contributed by atoms with Crippen LogP contribution in [0.4, 0.5) is 5.69 Å². The van der Waals surface area contributed by atoms with Crippen LogP contribution in [0.2, 0.25) is 0 Å². The Balaban J connectivity index is 1.54. The second-order valence-corrected chi connectivity index (χ2v) is 8.80. The SMILES string of the molecule is CC(C)(C)CC[CH]C(=O)Nc1ccc(Oc2ccc(C#N)c(OCC3CC3)c2)nc1. The lowest BCUT2D eigenvalue weighted by atomic mass is 9.90. The molecule has 1 aliphatic rings. The number of aromatic nitrogens is 1. The van der Waals surface area contributed by atoms with Crippen molar-refractivity contribution in [3.05, 3.63) is 48.5 Å². The minimum absolute atomic E-state index is 0.140. The Morgan fingerprint density at radius 3 is 2.73 bits per heavy atom. The Kier molecular flexibility index (Phi) is 6.94. The number of carbonyl (C=O) groups excluding carboxylic acids is 1. The van der Waals surface area contributed by atoms with E-state index in [-0.39, 0.29) is 11.3 Å². The molecule has 0 spiro atoms. The third kappa shape index (κ3) is 7.07. The molecule has 1 aromatic carbocycles. The maximum atomic E-state index is 12.0. The number of nitrogens with zero attached hydrogens (tertiary/aromatic N) is 2. The first-order chi connectivity index (χ1) is 14.3. The number of rotatable bonds is 9. The van der Waals surface area contributed by atoms with Gasteiger partial charge in [0.2, 0.25) is 11.8 Å². The van der Waals surface area contributed by atoms with Gasteiger partial charge in [-0.05, 0) is 55.2 Å². The second-order valence-electron chi connectivity index (χ2n) is 8.80. The summed E-state index contributed by atoms with van der Waals surface area (Å²) in [4.78, 5) is 16.3. The molecule has 0 unspecified atom stereocenters. The molecule has 1 heterocycles. The Hall–Kier alpha value is -3.07. The Bertz CT molecular complexity index is 907. The molecule has 6 nitrogen and oxygen atoms in total. The molecule has 1 fully saturated rings. The van der Waals surface area contributed by atoms with Crippen molar-refractivity contribution >= 4 is 11.6 Å². The Labute approximate surface area is 178 Å². The van der Waals surface area contributed by atoms with Gasteiger partial charge in [-0.1, -0.05) is 20.8 Å². The number of benzene rings is 1. The number of nitriles is 1. The fraction of sp³-hybridized carbons (Fsp3) is 0.417. The molecule has 1 aliphatic carbocycles. The fourth-order valence-corrected chi connectivity index (χ4v) is 2.74. The van der Waals surface area contributed by atoms with Gasteiger partial charge in [0.25, 0.3) is 0 Å². The molecule has 0 saturated heterocycles. The highest BCUT2D eigenvalue weighted by Gasteiger charge is 2.22. The third-order valence-corrected chi connectivity index (χ3v) is 4.70. The minimum Gasteiger partial charge on any atom is -0.492 e. The standard InChI is InChI=1S/C24H28N3O3/c1-24(2,3)12-4-5-22(28)27-19-9-11-23(26-15-19)30-20-10-8-18(14-25)21(13-20)29-16-17-6-7-17/h5,8-11,13,15,17H,4,6-7,12,16H2,1-3H3,(H,27,28). The molecule has 1 aromatic heterocycles. The zero-order chi connectivity index (χ0) is 21.6. The molecule has 30 heavy (non-hydrogen) atoms. The quantitative estimate of drug-likeness (QED) is 0.594. The summed E-state index contributed by atoms with van der Waals surface area (Å²) >= 11 is 0. The van der Waals surface area contributed by atoms with Gasteiger partial charge < -0.3 is 14.8 Å². The van der Waals surface area contributed by atoms with Gasteiger partial charge in [0.05, 0.1) is 24.1 Å². The van der Waals surface area contributed by atoms with Crippen molar-refractivity contribution in [1.82, 2.24) is 4.98 Å². The third-order valence-electron chi connectivity index (χ3n) is 4.70. The first-order valence-corrected chi connectivity index (χ1v) is 10.3. The van der Waals surface area contributed by atoms with Crippen LogP contribution in [0.1, 0.15) is 52.0 Å². The monoisotopic (exact) mass is 406 g/mol. The van der Waals surface area contributed by atoms with Crippen molar-refractivity contribution in [1.29, 1.82) is 5.26 Å². The van der Waals surface area contributed by atoms with E-state index in [1.54, 1.807) is 42.9 Å². The molecular formula is C24H28N3O3. The van der Waals surface area contributed by atoms with Crippen molar-refractivity contribution in [2.45, 2.75) is 46.5 Å². The summed E-state index contributed by atoms with van der Waals surface area (Å²) in [6.07, 6.45) is 7.25. The molecule has 1 saturated carbocycles. The maximum absolute atomic E-state index is 12.0. The number of anilines is 1. The molecule has 0 atom stereocenters. The smallest absolute Gasteiger partial charge is 0.228 e. The van der Waals surface area contributed by atoms with Gasteiger partial charge in [-0.3, -0.25) is 4.79 Å². The number of hydrogen-bond donors (Lipinski definition) is 1. The van der Waals surface area contributed by atoms with E-state index in [2.05, 4.69) is 37.1 Å². The van der Waals surface area contributed by atoms with Gasteiger partial charge in [-0.25, -0.2) is 4.98 Å². The average molecular weight is 407 g/mol.